The summed E-state index contributed by atoms with van der Waals surface area (Å²) in [5.74, 6) is 1.18. The number of rotatable bonds is 0. The normalized spacial score (nSPS) is 51.4. The van der Waals surface area contributed by atoms with Crippen LogP contribution in [-0.4, -0.2) is 11.8 Å². The number of hydrogen-bond acceptors (Lipinski definition) is 0. The third-order valence-electron chi connectivity index (χ3n) is 2.24. The highest BCUT2D eigenvalue weighted by Crippen LogP contribution is 2.47. The fourth-order valence-corrected chi connectivity index (χ4v) is 3.69. The van der Waals surface area contributed by atoms with E-state index in [1.807, 2.05) is 0 Å². The van der Waals surface area contributed by atoms with E-state index < -0.39 is 0 Å². The molecule has 1 heteroatoms. The van der Waals surface area contributed by atoms with Gasteiger partial charge in [-0.1, -0.05) is 0 Å². The average Bonchev–Trinajstić information content (AvgIpc) is 2.22. The molecule has 0 aromatic carbocycles. The van der Waals surface area contributed by atoms with E-state index in [4.69, 9.17) is 0 Å². The Kier molecular flexibility index (Phi) is 0.896. The van der Waals surface area contributed by atoms with Crippen LogP contribution in [-0.2, 0) is 0 Å². The van der Waals surface area contributed by atoms with Crippen LogP contribution >= 0.6 is 8.58 Å². The molecule has 0 aromatic rings. The van der Waals surface area contributed by atoms with Crippen LogP contribution < -0.4 is 0 Å². The zero-order chi connectivity index (χ0) is 4.69. The molecule has 40 valence electrons. The minimum Gasteiger partial charge on any atom is -0.119 e. The second-order valence-electron chi connectivity index (χ2n) is 2.78. The molecule has 2 fully saturated rings. The van der Waals surface area contributed by atoms with Crippen LogP contribution in [0.3, 0.4) is 0 Å². The van der Waals surface area contributed by atoms with Crippen molar-refractivity contribution >= 4 is 8.58 Å². The Morgan fingerprint density at radius 3 is 2.43 bits per heavy atom. The Bertz CT molecular complexity index is 62.2. The first-order chi connectivity index (χ1) is 3.45. The van der Waals surface area contributed by atoms with E-state index in [0.717, 1.165) is 0 Å². The second-order valence-corrected chi connectivity index (χ2v) is 4.42. The lowest BCUT2D eigenvalue weighted by molar-refractivity contribution is 0.635. The van der Waals surface area contributed by atoms with Crippen LogP contribution in [0.2, 0.25) is 0 Å². The maximum atomic E-state index is 1.60. The highest BCUT2D eigenvalue weighted by molar-refractivity contribution is 7.39. The van der Waals surface area contributed by atoms with Crippen molar-refractivity contribution in [3.8, 4) is 0 Å². The topological polar surface area (TPSA) is 0 Å². The van der Waals surface area contributed by atoms with Gasteiger partial charge in [0.05, 0.1) is 0 Å². The Morgan fingerprint density at radius 1 is 1.29 bits per heavy atom. The van der Waals surface area contributed by atoms with Crippen molar-refractivity contribution in [2.75, 3.05) is 6.16 Å². The van der Waals surface area contributed by atoms with Gasteiger partial charge in [-0.15, -0.1) is 8.58 Å². The van der Waals surface area contributed by atoms with Gasteiger partial charge in [0.15, 0.2) is 0 Å². The summed E-state index contributed by atoms with van der Waals surface area (Å²) >= 11 is 0. The lowest BCUT2D eigenvalue weighted by atomic mass is 10.1. The molecule has 1 aliphatic heterocycles. The molecular weight excluding hydrogens is 103 g/mol. The largest absolute Gasteiger partial charge is 0.119 e. The molecule has 1 saturated carbocycles. The molecule has 0 aromatic heterocycles. The maximum absolute atomic E-state index is 1.60. The lowest BCUT2D eigenvalue weighted by Crippen LogP contribution is -1.92. The standard InChI is InChI=1S/C6H11P/c1-2-6-3-5(1)4-7-6/h5-7H,1-4H2. The summed E-state index contributed by atoms with van der Waals surface area (Å²) in [5.41, 5.74) is 1.20. The minimum atomic E-state index is 1.18. The van der Waals surface area contributed by atoms with E-state index in [0.29, 0.717) is 0 Å². The van der Waals surface area contributed by atoms with Crippen molar-refractivity contribution in [3.63, 3.8) is 0 Å². The smallest absolute Gasteiger partial charge is 0.0234 e. The molecule has 1 saturated heterocycles. The van der Waals surface area contributed by atoms with Gasteiger partial charge in [-0.25, -0.2) is 0 Å². The average molecular weight is 114 g/mol. The van der Waals surface area contributed by atoms with Crippen molar-refractivity contribution in [1.29, 1.82) is 0 Å². The van der Waals surface area contributed by atoms with Gasteiger partial charge in [0.25, 0.3) is 0 Å². The predicted molar refractivity (Wildman–Crippen MR) is 34.3 cm³/mol. The van der Waals surface area contributed by atoms with E-state index in [1.54, 1.807) is 25.4 Å². The van der Waals surface area contributed by atoms with Gasteiger partial charge in [-0.3, -0.25) is 0 Å². The van der Waals surface area contributed by atoms with Crippen molar-refractivity contribution in [2.45, 2.75) is 24.9 Å². The molecule has 2 rings (SSSR count). The zero-order valence-corrected chi connectivity index (χ0v) is 5.48. The predicted octanol–water partition coefficient (Wildman–Crippen LogP) is 1.85. The van der Waals surface area contributed by atoms with Crippen LogP contribution in [0.1, 0.15) is 19.3 Å². The summed E-state index contributed by atoms with van der Waals surface area (Å²) in [5, 5.41) is 0. The first kappa shape index (κ1) is 4.32. The molecule has 0 nitrogen and oxygen atoms in total. The Morgan fingerprint density at radius 2 is 2.29 bits per heavy atom. The van der Waals surface area contributed by atoms with Crippen LogP contribution in [0, 0.1) is 5.92 Å². The molecule has 1 heterocycles. The van der Waals surface area contributed by atoms with Gasteiger partial charge in [-0.05, 0) is 37.0 Å². The summed E-state index contributed by atoms with van der Waals surface area (Å²) in [6, 6.07) is 0. The number of hydrogen-bond donors (Lipinski definition) is 0. The molecule has 3 atom stereocenters. The molecule has 0 N–H and O–H groups in total. The Balaban J connectivity index is 2.12. The molecule has 2 aliphatic rings. The van der Waals surface area contributed by atoms with E-state index >= 15 is 0 Å². The molecule has 2 bridgehead atoms. The number of fused-ring (bicyclic) bond motifs is 2. The monoisotopic (exact) mass is 114 g/mol. The minimum absolute atomic E-state index is 1.18. The molecule has 0 radical (unpaired) electrons. The van der Waals surface area contributed by atoms with Crippen LogP contribution in [0.15, 0.2) is 0 Å². The molecule has 7 heavy (non-hydrogen) atoms. The van der Waals surface area contributed by atoms with E-state index in [2.05, 4.69) is 0 Å². The van der Waals surface area contributed by atoms with Crippen molar-refractivity contribution < 1.29 is 0 Å². The summed E-state index contributed by atoms with van der Waals surface area (Å²) in [6.45, 7) is 0. The lowest BCUT2D eigenvalue weighted by Gasteiger charge is -2.05. The van der Waals surface area contributed by atoms with Gasteiger partial charge in [0.2, 0.25) is 0 Å². The second kappa shape index (κ2) is 1.45. The Labute approximate surface area is 46.5 Å². The van der Waals surface area contributed by atoms with Crippen LogP contribution in [0.4, 0.5) is 0 Å². The third-order valence-corrected chi connectivity index (χ3v) is 4.15. The van der Waals surface area contributed by atoms with E-state index in [1.165, 1.54) is 20.2 Å². The molecule has 0 amide bonds. The van der Waals surface area contributed by atoms with Gasteiger partial charge in [-0.2, -0.15) is 0 Å². The van der Waals surface area contributed by atoms with Gasteiger partial charge >= 0.3 is 0 Å². The summed E-state index contributed by atoms with van der Waals surface area (Å²) in [7, 11) is 1.35. The molecule has 3 unspecified atom stereocenters. The van der Waals surface area contributed by atoms with Crippen LogP contribution in [0.5, 0.6) is 0 Å². The summed E-state index contributed by atoms with van der Waals surface area (Å²) in [4.78, 5) is 0. The molecule has 0 spiro atoms. The summed E-state index contributed by atoms with van der Waals surface area (Å²) in [6.07, 6.45) is 6.32. The first-order valence-corrected chi connectivity index (χ1v) is 4.47. The van der Waals surface area contributed by atoms with Crippen molar-refractivity contribution in [1.82, 2.24) is 0 Å². The fraction of sp³-hybridized carbons (Fsp3) is 1.00. The Hall–Kier alpha value is 0.430. The van der Waals surface area contributed by atoms with E-state index in [9.17, 15) is 0 Å². The third kappa shape index (κ3) is 0.606. The van der Waals surface area contributed by atoms with Gasteiger partial charge in [0, 0.05) is 0 Å². The highest BCUT2D eigenvalue weighted by Gasteiger charge is 2.30. The van der Waals surface area contributed by atoms with Crippen LogP contribution in [0.25, 0.3) is 0 Å². The fourth-order valence-electron chi connectivity index (χ4n) is 1.78. The highest BCUT2D eigenvalue weighted by atomic mass is 31.1. The van der Waals surface area contributed by atoms with Gasteiger partial charge in [0.1, 0.15) is 0 Å². The van der Waals surface area contributed by atoms with Crippen molar-refractivity contribution in [2.24, 2.45) is 5.92 Å². The van der Waals surface area contributed by atoms with Gasteiger partial charge < -0.3 is 0 Å². The summed E-state index contributed by atoms with van der Waals surface area (Å²) < 4.78 is 0. The maximum Gasteiger partial charge on any atom is -0.0234 e. The van der Waals surface area contributed by atoms with Crippen molar-refractivity contribution in [3.05, 3.63) is 0 Å². The zero-order valence-electron chi connectivity index (χ0n) is 4.48. The first-order valence-electron chi connectivity index (χ1n) is 3.18. The van der Waals surface area contributed by atoms with E-state index in [-0.39, 0.29) is 0 Å². The molecular formula is C6H11P. The molecule has 1 aliphatic carbocycles. The quantitative estimate of drug-likeness (QED) is 0.421. The SMILES string of the molecule is C1CC2CC1CP2.